The van der Waals surface area contributed by atoms with Crippen LogP contribution in [0.2, 0.25) is 0 Å². The minimum absolute atomic E-state index is 0.0161. The number of aryl methyl sites for hydroxylation is 1. The Bertz CT molecular complexity index is 1300. The molecule has 0 saturated carbocycles. The van der Waals surface area contributed by atoms with Gasteiger partial charge < -0.3 is 19.5 Å². The second-order valence-electron chi connectivity index (χ2n) is 8.06. The number of aromatic amines is 1. The third-order valence-corrected chi connectivity index (χ3v) is 5.67. The van der Waals surface area contributed by atoms with Crippen molar-refractivity contribution in [3.05, 3.63) is 65.9 Å². The number of imidazole rings is 1. The van der Waals surface area contributed by atoms with Crippen LogP contribution in [0, 0.1) is 6.92 Å². The Morgan fingerprint density at radius 1 is 1.27 bits per heavy atom. The first-order chi connectivity index (χ1) is 16.0. The van der Waals surface area contributed by atoms with Crippen molar-refractivity contribution in [2.75, 3.05) is 12.4 Å². The minimum atomic E-state index is -0.106. The summed E-state index contributed by atoms with van der Waals surface area (Å²) in [6.07, 6.45) is 5.27. The van der Waals surface area contributed by atoms with Crippen molar-refractivity contribution in [1.82, 2.24) is 34.6 Å². The van der Waals surface area contributed by atoms with Gasteiger partial charge in [0.2, 0.25) is 5.95 Å². The smallest absolute Gasteiger partial charge is 0.290 e. The van der Waals surface area contributed by atoms with Crippen LogP contribution in [-0.2, 0) is 13.1 Å². The quantitative estimate of drug-likeness (QED) is 0.469. The maximum atomic E-state index is 13.3. The third-order valence-electron chi connectivity index (χ3n) is 5.67. The highest BCUT2D eigenvalue weighted by atomic mass is 16.5. The van der Waals surface area contributed by atoms with Gasteiger partial charge in [-0.25, -0.2) is 15.0 Å². The standard InChI is InChI=1S/C23H24N8O2/c1-14-10-24-23(27-19-7-8-25-29-19)28-20(14)18-13-30-11-15(2)31(22(32)21(30)26-18)12-16-5-4-6-17(9-16)33-3/h4-10,13,15H,11-12H2,1-3H3,(H2,24,25,27,28,29)/t15-/m0/s1. The van der Waals surface area contributed by atoms with E-state index >= 15 is 0 Å². The van der Waals surface area contributed by atoms with E-state index in [1.54, 1.807) is 25.6 Å². The molecular formula is C23H24N8O2. The van der Waals surface area contributed by atoms with Gasteiger partial charge in [0.05, 0.1) is 19.0 Å². The fraction of sp³-hybridized carbons (Fsp3) is 0.261. The van der Waals surface area contributed by atoms with E-state index < -0.39 is 0 Å². The summed E-state index contributed by atoms with van der Waals surface area (Å²) in [5.41, 5.74) is 3.19. The molecule has 0 bridgehead atoms. The van der Waals surface area contributed by atoms with Crippen molar-refractivity contribution in [3.63, 3.8) is 0 Å². The highest BCUT2D eigenvalue weighted by molar-refractivity contribution is 5.92. The summed E-state index contributed by atoms with van der Waals surface area (Å²) >= 11 is 0. The first-order valence-corrected chi connectivity index (χ1v) is 10.6. The Kier molecular flexibility index (Phi) is 5.25. The number of hydrogen-bond acceptors (Lipinski definition) is 7. The molecule has 2 N–H and O–H groups in total. The van der Waals surface area contributed by atoms with Crippen molar-refractivity contribution in [2.24, 2.45) is 0 Å². The molecule has 0 unspecified atom stereocenters. The minimum Gasteiger partial charge on any atom is -0.497 e. The van der Waals surface area contributed by atoms with E-state index in [1.165, 1.54) is 0 Å². The molecule has 0 fully saturated rings. The van der Waals surface area contributed by atoms with Crippen LogP contribution in [0.3, 0.4) is 0 Å². The molecular weight excluding hydrogens is 420 g/mol. The lowest BCUT2D eigenvalue weighted by molar-refractivity contribution is 0.0587. The number of fused-ring (bicyclic) bond motifs is 1. The third kappa shape index (κ3) is 4.02. The van der Waals surface area contributed by atoms with Crippen molar-refractivity contribution < 1.29 is 9.53 Å². The molecule has 0 saturated heterocycles. The zero-order valence-corrected chi connectivity index (χ0v) is 18.6. The first-order valence-electron chi connectivity index (χ1n) is 10.6. The van der Waals surface area contributed by atoms with Crippen LogP contribution >= 0.6 is 0 Å². The average molecular weight is 444 g/mol. The summed E-state index contributed by atoms with van der Waals surface area (Å²) in [5, 5.41) is 9.82. The molecule has 1 amide bonds. The molecule has 0 spiro atoms. The molecule has 0 aliphatic carbocycles. The summed E-state index contributed by atoms with van der Waals surface area (Å²) < 4.78 is 7.23. The predicted octanol–water partition coefficient (Wildman–Crippen LogP) is 3.17. The topological polar surface area (TPSA) is 114 Å². The van der Waals surface area contributed by atoms with Gasteiger partial charge in [-0.1, -0.05) is 12.1 Å². The van der Waals surface area contributed by atoms with E-state index in [2.05, 4.69) is 30.5 Å². The van der Waals surface area contributed by atoms with Crippen LogP contribution in [0.1, 0.15) is 28.7 Å². The number of nitrogens with zero attached hydrogens (tertiary/aromatic N) is 6. The van der Waals surface area contributed by atoms with E-state index in [4.69, 9.17) is 4.74 Å². The van der Waals surface area contributed by atoms with E-state index in [-0.39, 0.29) is 11.9 Å². The highest BCUT2D eigenvalue weighted by Crippen LogP contribution is 2.27. The number of aromatic nitrogens is 6. The average Bonchev–Trinajstić information content (AvgIpc) is 3.48. The summed E-state index contributed by atoms with van der Waals surface area (Å²) in [6, 6.07) is 9.57. The second kappa shape index (κ2) is 8.38. The summed E-state index contributed by atoms with van der Waals surface area (Å²) in [5.74, 6) is 2.18. The lowest BCUT2D eigenvalue weighted by Crippen LogP contribution is -2.46. The largest absolute Gasteiger partial charge is 0.497 e. The number of rotatable bonds is 6. The fourth-order valence-electron chi connectivity index (χ4n) is 3.95. The Labute approximate surface area is 190 Å². The predicted molar refractivity (Wildman–Crippen MR) is 122 cm³/mol. The molecule has 10 nitrogen and oxygen atoms in total. The lowest BCUT2D eigenvalue weighted by atomic mass is 10.1. The molecule has 1 aliphatic heterocycles. The zero-order valence-electron chi connectivity index (χ0n) is 18.6. The number of ether oxygens (including phenoxy) is 1. The van der Waals surface area contributed by atoms with Crippen LogP contribution in [0.5, 0.6) is 5.75 Å². The van der Waals surface area contributed by atoms with Crippen molar-refractivity contribution in [1.29, 1.82) is 0 Å². The first kappa shape index (κ1) is 20.7. The van der Waals surface area contributed by atoms with E-state index in [0.717, 1.165) is 16.9 Å². The number of H-pyrrole nitrogens is 1. The molecule has 1 aliphatic rings. The van der Waals surface area contributed by atoms with Crippen LogP contribution in [-0.4, -0.2) is 53.7 Å². The molecule has 1 atom stereocenters. The van der Waals surface area contributed by atoms with Crippen molar-refractivity contribution >= 4 is 17.7 Å². The van der Waals surface area contributed by atoms with Crippen molar-refractivity contribution in [2.45, 2.75) is 33.0 Å². The Balaban J connectivity index is 1.43. The van der Waals surface area contributed by atoms with E-state index in [0.29, 0.717) is 42.1 Å². The Hall–Kier alpha value is -4.21. The Morgan fingerprint density at radius 2 is 2.15 bits per heavy atom. The second-order valence-corrected chi connectivity index (χ2v) is 8.06. The van der Waals surface area contributed by atoms with Gasteiger partial charge in [-0.15, -0.1) is 0 Å². The number of methoxy groups -OCH3 is 1. The van der Waals surface area contributed by atoms with Crippen LogP contribution in [0.25, 0.3) is 11.4 Å². The van der Waals surface area contributed by atoms with Crippen LogP contribution in [0.15, 0.2) is 48.9 Å². The summed E-state index contributed by atoms with van der Waals surface area (Å²) in [6.45, 7) is 5.11. The molecule has 10 heteroatoms. The lowest BCUT2D eigenvalue weighted by Gasteiger charge is -2.33. The number of anilines is 2. The van der Waals surface area contributed by atoms with Gasteiger partial charge in [-0.3, -0.25) is 9.89 Å². The zero-order chi connectivity index (χ0) is 22.9. The molecule has 3 aromatic heterocycles. The van der Waals surface area contributed by atoms with Gasteiger partial charge >= 0.3 is 0 Å². The number of nitrogens with one attached hydrogen (secondary N) is 2. The summed E-state index contributed by atoms with van der Waals surface area (Å²) in [4.78, 5) is 28.8. The summed E-state index contributed by atoms with van der Waals surface area (Å²) in [7, 11) is 1.64. The van der Waals surface area contributed by atoms with Gasteiger partial charge in [-0.2, -0.15) is 5.10 Å². The number of carbonyl (C=O) groups excluding carboxylic acids is 1. The van der Waals surface area contributed by atoms with Gasteiger partial charge in [0.15, 0.2) is 5.82 Å². The van der Waals surface area contributed by atoms with Gasteiger partial charge in [0.25, 0.3) is 5.91 Å². The number of benzene rings is 1. The van der Waals surface area contributed by atoms with E-state index in [1.807, 2.05) is 53.8 Å². The van der Waals surface area contributed by atoms with Gasteiger partial charge in [-0.05, 0) is 37.1 Å². The normalized spacial score (nSPS) is 15.4. The molecule has 4 aromatic rings. The molecule has 1 aromatic carbocycles. The maximum Gasteiger partial charge on any atom is 0.290 e. The number of amides is 1. The number of hydrogen-bond donors (Lipinski definition) is 2. The van der Waals surface area contributed by atoms with Crippen molar-refractivity contribution in [3.8, 4) is 17.1 Å². The van der Waals surface area contributed by atoms with Gasteiger partial charge in [0, 0.05) is 37.6 Å². The molecule has 0 radical (unpaired) electrons. The van der Waals surface area contributed by atoms with Crippen LogP contribution in [0.4, 0.5) is 11.8 Å². The molecule has 5 rings (SSSR count). The van der Waals surface area contributed by atoms with Crippen LogP contribution < -0.4 is 10.1 Å². The maximum absolute atomic E-state index is 13.3. The van der Waals surface area contributed by atoms with E-state index in [9.17, 15) is 4.79 Å². The molecule has 168 valence electrons. The van der Waals surface area contributed by atoms with Gasteiger partial charge in [0.1, 0.15) is 17.3 Å². The highest BCUT2D eigenvalue weighted by Gasteiger charge is 2.32. The SMILES string of the molecule is COc1cccc(CN2C(=O)c3nc(-c4nc(Nc5ccn[nH]5)ncc4C)cn3C[C@@H]2C)c1. The number of carbonyl (C=O) groups is 1. The monoisotopic (exact) mass is 444 g/mol. The Morgan fingerprint density at radius 3 is 2.94 bits per heavy atom. The molecule has 4 heterocycles. The molecule has 33 heavy (non-hydrogen) atoms. The fourth-order valence-corrected chi connectivity index (χ4v) is 3.95.